The quantitative estimate of drug-likeness (QED) is 0.244. The predicted octanol–water partition coefficient (Wildman–Crippen LogP) is 4.55. The van der Waals surface area contributed by atoms with Gasteiger partial charge in [0.05, 0.1) is 27.3 Å². The molecule has 0 radical (unpaired) electrons. The van der Waals surface area contributed by atoms with Crippen molar-refractivity contribution in [3.8, 4) is 0 Å². The average Bonchev–Trinajstić information content (AvgIpc) is 3.29. The fourth-order valence-corrected chi connectivity index (χ4v) is 7.05. The van der Waals surface area contributed by atoms with E-state index in [-0.39, 0.29) is 17.1 Å². The molecule has 8 nitrogen and oxygen atoms in total. The lowest BCUT2D eigenvalue weighted by molar-refractivity contribution is 0.0526. The van der Waals surface area contributed by atoms with Gasteiger partial charge >= 0.3 is 5.97 Å². The van der Waals surface area contributed by atoms with Gasteiger partial charge in [-0.05, 0) is 66.9 Å². The highest BCUT2D eigenvalue weighted by Gasteiger charge is 2.28. The molecule has 200 valence electrons. The lowest BCUT2D eigenvalue weighted by atomic mass is 10.0. The molecule has 0 fully saturated rings. The summed E-state index contributed by atoms with van der Waals surface area (Å²) in [5.41, 5.74) is 3.67. The van der Waals surface area contributed by atoms with Crippen LogP contribution in [-0.4, -0.2) is 42.3 Å². The Morgan fingerprint density at radius 2 is 1.77 bits per heavy atom. The van der Waals surface area contributed by atoms with Gasteiger partial charge in [-0.15, -0.1) is 6.58 Å². The van der Waals surface area contributed by atoms with E-state index in [1.165, 1.54) is 45.5 Å². The number of carbonyl (C=O) groups excluding carboxylic acids is 2. The van der Waals surface area contributed by atoms with Crippen molar-refractivity contribution in [3.05, 3.63) is 106 Å². The van der Waals surface area contributed by atoms with Crippen molar-refractivity contribution >= 4 is 43.5 Å². The van der Waals surface area contributed by atoms with E-state index in [1.54, 1.807) is 31.2 Å². The van der Waals surface area contributed by atoms with Gasteiger partial charge in [-0.25, -0.2) is 13.2 Å². The number of rotatable bonds is 7. The summed E-state index contributed by atoms with van der Waals surface area (Å²) in [4.78, 5) is 30.1. The molecular formula is C29H27N3O5S2. The number of allylic oxidation sites excluding steroid dienone is 1. The largest absolute Gasteiger partial charge is 0.462 e. The summed E-state index contributed by atoms with van der Waals surface area (Å²) in [5.74, 6) is -0.915. The number of aromatic nitrogens is 1. The molecule has 0 aliphatic carbocycles. The van der Waals surface area contributed by atoms with Crippen LogP contribution in [0.5, 0.6) is 0 Å². The Bertz CT molecular complexity index is 1750. The third kappa shape index (κ3) is 5.36. The van der Waals surface area contributed by atoms with Crippen LogP contribution in [0.25, 0.3) is 10.2 Å². The fraction of sp³-hybridized carbons (Fsp3) is 0.207. The highest BCUT2D eigenvalue weighted by atomic mass is 32.2. The number of benzene rings is 3. The Labute approximate surface area is 230 Å². The van der Waals surface area contributed by atoms with E-state index in [1.807, 2.05) is 28.8 Å². The number of nitrogens with zero attached hydrogens (tertiary/aromatic N) is 3. The van der Waals surface area contributed by atoms with Crippen LogP contribution in [-0.2, 0) is 34.3 Å². The summed E-state index contributed by atoms with van der Waals surface area (Å²) < 4.78 is 35.7. The number of amides is 1. The molecule has 3 aromatic carbocycles. The molecule has 2 heterocycles. The van der Waals surface area contributed by atoms with E-state index in [0.29, 0.717) is 36.4 Å². The van der Waals surface area contributed by atoms with Crippen molar-refractivity contribution < 1.29 is 22.7 Å². The highest BCUT2D eigenvalue weighted by Crippen LogP contribution is 2.25. The lowest BCUT2D eigenvalue weighted by Crippen LogP contribution is -2.35. The van der Waals surface area contributed by atoms with E-state index >= 15 is 0 Å². The van der Waals surface area contributed by atoms with Crippen molar-refractivity contribution in [2.75, 3.05) is 13.2 Å². The first-order chi connectivity index (χ1) is 18.8. The molecule has 1 aliphatic heterocycles. The number of esters is 1. The second-order valence-electron chi connectivity index (χ2n) is 8.99. The van der Waals surface area contributed by atoms with Crippen molar-refractivity contribution in [1.29, 1.82) is 0 Å². The van der Waals surface area contributed by atoms with Crippen molar-refractivity contribution in [2.45, 2.75) is 31.3 Å². The summed E-state index contributed by atoms with van der Waals surface area (Å²) in [5, 5.41) is 0. The lowest BCUT2D eigenvalue weighted by Gasteiger charge is -2.28. The normalized spacial score (nSPS) is 14.2. The predicted molar refractivity (Wildman–Crippen MR) is 150 cm³/mol. The van der Waals surface area contributed by atoms with Crippen LogP contribution in [0.1, 0.15) is 38.8 Å². The number of thiazole rings is 1. The molecule has 1 amide bonds. The van der Waals surface area contributed by atoms with E-state index in [0.717, 1.165) is 15.8 Å². The maximum Gasteiger partial charge on any atom is 0.338 e. The minimum atomic E-state index is -3.71. The fourth-order valence-electron chi connectivity index (χ4n) is 4.55. The number of hydrogen-bond donors (Lipinski definition) is 0. The van der Waals surface area contributed by atoms with Gasteiger partial charge in [-0.3, -0.25) is 4.79 Å². The minimum absolute atomic E-state index is 0.133. The number of ether oxygens (including phenoxy) is 1. The van der Waals surface area contributed by atoms with E-state index in [4.69, 9.17) is 4.74 Å². The van der Waals surface area contributed by atoms with E-state index in [2.05, 4.69) is 11.6 Å². The minimum Gasteiger partial charge on any atom is -0.462 e. The summed E-state index contributed by atoms with van der Waals surface area (Å²) in [6, 6.07) is 18.9. The Morgan fingerprint density at radius 3 is 2.49 bits per heavy atom. The monoisotopic (exact) mass is 561 g/mol. The molecule has 5 rings (SSSR count). The summed E-state index contributed by atoms with van der Waals surface area (Å²) in [6.07, 6.45) is 2.36. The van der Waals surface area contributed by atoms with Crippen LogP contribution in [0, 0.1) is 0 Å². The standard InChI is InChI=1S/C29H27N3O5S2/c1-3-16-32-25-14-11-22(28(34)37-4-2)18-26(25)38-29(32)30-27(33)21-9-12-24(13-10-21)39(35,36)31-17-15-20-7-5-6-8-23(20)19-31/h3,5-14,18H,1,4,15-17,19H2,2H3. The van der Waals surface area contributed by atoms with Crippen molar-refractivity contribution in [1.82, 2.24) is 8.87 Å². The van der Waals surface area contributed by atoms with Crippen LogP contribution in [0.15, 0.2) is 89.3 Å². The first kappa shape index (κ1) is 26.7. The van der Waals surface area contributed by atoms with Crippen molar-refractivity contribution in [2.24, 2.45) is 4.99 Å². The second-order valence-corrected chi connectivity index (χ2v) is 11.9. The van der Waals surface area contributed by atoms with Crippen LogP contribution in [0.4, 0.5) is 0 Å². The average molecular weight is 562 g/mol. The van der Waals surface area contributed by atoms with Gasteiger partial charge in [0.15, 0.2) is 4.80 Å². The van der Waals surface area contributed by atoms with Gasteiger partial charge in [-0.2, -0.15) is 9.30 Å². The molecule has 1 aliphatic rings. The van der Waals surface area contributed by atoms with Gasteiger partial charge < -0.3 is 9.30 Å². The third-order valence-electron chi connectivity index (χ3n) is 6.54. The third-order valence-corrected chi connectivity index (χ3v) is 9.44. The molecule has 0 N–H and O–H groups in total. The van der Waals surface area contributed by atoms with Gasteiger partial charge in [0.25, 0.3) is 5.91 Å². The number of fused-ring (bicyclic) bond motifs is 2. The Kier molecular flexibility index (Phi) is 7.60. The van der Waals surface area contributed by atoms with E-state index < -0.39 is 21.9 Å². The SMILES string of the molecule is C=CCn1c(=NC(=O)c2ccc(S(=O)(=O)N3CCc4ccccc4C3)cc2)sc2cc(C(=O)OCC)ccc21. The molecule has 1 aromatic heterocycles. The summed E-state index contributed by atoms with van der Waals surface area (Å²) in [6.45, 7) is 6.96. The molecule has 39 heavy (non-hydrogen) atoms. The first-order valence-electron chi connectivity index (χ1n) is 12.5. The molecule has 0 saturated carbocycles. The molecule has 4 aromatic rings. The summed E-state index contributed by atoms with van der Waals surface area (Å²) >= 11 is 1.27. The molecular weight excluding hydrogens is 534 g/mol. The second kappa shape index (κ2) is 11.1. The number of sulfonamides is 1. The first-order valence-corrected chi connectivity index (χ1v) is 14.7. The number of hydrogen-bond acceptors (Lipinski definition) is 6. The molecule has 0 bridgehead atoms. The van der Waals surface area contributed by atoms with Gasteiger partial charge in [-0.1, -0.05) is 41.7 Å². The zero-order valence-electron chi connectivity index (χ0n) is 21.4. The van der Waals surface area contributed by atoms with Crippen molar-refractivity contribution in [3.63, 3.8) is 0 Å². The zero-order valence-corrected chi connectivity index (χ0v) is 23.0. The zero-order chi connectivity index (χ0) is 27.6. The topological polar surface area (TPSA) is 98.0 Å². The van der Waals surface area contributed by atoms with E-state index in [9.17, 15) is 18.0 Å². The van der Waals surface area contributed by atoms with Crippen LogP contribution < -0.4 is 4.80 Å². The van der Waals surface area contributed by atoms with Gasteiger partial charge in [0, 0.05) is 25.2 Å². The van der Waals surface area contributed by atoms with Crippen LogP contribution in [0.3, 0.4) is 0 Å². The Hall–Kier alpha value is -3.86. The molecule has 0 unspecified atom stereocenters. The number of carbonyl (C=O) groups is 2. The highest BCUT2D eigenvalue weighted by molar-refractivity contribution is 7.89. The molecule has 0 spiro atoms. The Balaban J connectivity index is 1.42. The Morgan fingerprint density at radius 1 is 1.05 bits per heavy atom. The van der Waals surface area contributed by atoms with Gasteiger partial charge in [0.1, 0.15) is 0 Å². The smallest absolute Gasteiger partial charge is 0.338 e. The maximum atomic E-state index is 13.3. The molecule has 0 atom stereocenters. The molecule has 10 heteroatoms. The van der Waals surface area contributed by atoms with Crippen LogP contribution >= 0.6 is 11.3 Å². The summed E-state index contributed by atoms with van der Waals surface area (Å²) in [7, 11) is -3.71. The van der Waals surface area contributed by atoms with Gasteiger partial charge in [0.2, 0.25) is 10.0 Å². The molecule has 0 saturated heterocycles. The maximum absolute atomic E-state index is 13.3. The van der Waals surface area contributed by atoms with Crippen LogP contribution in [0.2, 0.25) is 0 Å².